The number of likely N-dealkylation sites (tertiary alicyclic amines) is 1. The van der Waals surface area contributed by atoms with Crippen LogP contribution in [0, 0.1) is 5.92 Å². The summed E-state index contributed by atoms with van der Waals surface area (Å²) >= 11 is 0. The Balaban J connectivity index is 1.48. The molecule has 26 heavy (non-hydrogen) atoms. The molecule has 1 aliphatic rings. The lowest BCUT2D eigenvalue weighted by atomic mass is 9.95. The minimum Gasteiger partial charge on any atom is -0.497 e. The van der Waals surface area contributed by atoms with Crippen molar-refractivity contribution in [1.29, 1.82) is 0 Å². The largest absolute Gasteiger partial charge is 0.497 e. The fourth-order valence-corrected chi connectivity index (χ4v) is 3.02. The Hall–Kier alpha value is -2.96. The molecule has 0 spiro atoms. The van der Waals surface area contributed by atoms with Gasteiger partial charge in [-0.25, -0.2) is 0 Å². The van der Waals surface area contributed by atoms with Crippen LogP contribution in [0.1, 0.15) is 28.9 Å². The highest BCUT2D eigenvalue weighted by molar-refractivity contribution is 5.94. The lowest BCUT2D eigenvalue weighted by Gasteiger charge is -2.31. The van der Waals surface area contributed by atoms with Gasteiger partial charge >= 0.3 is 0 Å². The van der Waals surface area contributed by atoms with E-state index in [1.807, 2.05) is 0 Å². The molecule has 1 N–H and O–H groups in total. The zero-order valence-corrected chi connectivity index (χ0v) is 14.7. The van der Waals surface area contributed by atoms with Gasteiger partial charge in [-0.05, 0) is 31.0 Å². The molecule has 1 saturated heterocycles. The molecule has 136 valence electrons. The van der Waals surface area contributed by atoms with Crippen molar-refractivity contribution in [3.8, 4) is 5.75 Å². The highest BCUT2D eigenvalue weighted by Gasteiger charge is 2.27. The Morgan fingerprint density at radius 2 is 1.92 bits per heavy atom. The third-order valence-electron chi connectivity index (χ3n) is 4.55. The van der Waals surface area contributed by atoms with Crippen LogP contribution in [0.25, 0.3) is 0 Å². The summed E-state index contributed by atoms with van der Waals surface area (Å²) in [5.41, 5.74) is 1.38. The van der Waals surface area contributed by atoms with Crippen molar-refractivity contribution in [3.63, 3.8) is 0 Å². The van der Waals surface area contributed by atoms with Gasteiger partial charge in [0.2, 0.25) is 5.91 Å². The standard InChI is InChI=1S/C19H22N4O3/c1-26-17-4-9-21-16(12-17)13-22-18(24)14-5-10-23(11-6-14)19(25)15-2-7-20-8-3-15/h2-4,7-9,12,14H,5-6,10-11,13H2,1H3,(H,22,24). The highest BCUT2D eigenvalue weighted by atomic mass is 16.5. The zero-order valence-electron chi connectivity index (χ0n) is 14.7. The SMILES string of the molecule is COc1ccnc(CNC(=O)C2CCN(C(=O)c3ccncc3)CC2)c1. The maximum atomic E-state index is 12.4. The van der Waals surface area contributed by atoms with Crippen molar-refractivity contribution >= 4 is 11.8 Å². The van der Waals surface area contributed by atoms with E-state index in [1.165, 1.54) is 0 Å². The maximum absolute atomic E-state index is 12.4. The third-order valence-corrected chi connectivity index (χ3v) is 4.55. The summed E-state index contributed by atoms with van der Waals surface area (Å²) in [6, 6.07) is 6.99. The van der Waals surface area contributed by atoms with Crippen LogP contribution >= 0.6 is 0 Å². The van der Waals surface area contributed by atoms with Crippen molar-refractivity contribution in [2.24, 2.45) is 5.92 Å². The number of carbonyl (C=O) groups excluding carboxylic acids is 2. The quantitative estimate of drug-likeness (QED) is 0.883. The molecule has 3 heterocycles. The molecule has 0 bridgehead atoms. The van der Waals surface area contributed by atoms with Gasteiger partial charge in [0.05, 0.1) is 19.3 Å². The van der Waals surface area contributed by atoms with Gasteiger partial charge in [0.1, 0.15) is 5.75 Å². The smallest absolute Gasteiger partial charge is 0.253 e. The Morgan fingerprint density at radius 3 is 2.62 bits per heavy atom. The molecule has 7 nitrogen and oxygen atoms in total. The number of hydrogen-bond donors (Lipinski definition) is 1. The molecule has 1 aliphatic heterocycles. The Labute approximate surface area is 152 Å². The summed E-state index contributed by atoms with van der Waals surface area (Å²) in [4.78, 5) is 34.8. The Morgan fingerprint density at radius 1 is 1.19 bits per heavy atom. The molecular formula is C19H22N4O3. The van der Waals surface area contributed by atoms with E-state index in [2.05, 4.69) is 15.3 Å². The number of ether oxygens (including phenoxy) is 1. The zero-order chi connectivity index (χ0) is 18.4. The fourth-order valence-electron chi connectivity index (χ4n) is 3.02. The molecule has 3 rings (SSSR count). The number of piperidine rings is 1. The third kappa shape index (κ3) is 4.36. The number of aromatic nitrogens is 2. The summed E-state index contributed by atoms with van der Waals surface area (Å²) in [6.45, 7) is 1.53. The summed E-state index contributed by atoms with van der Waals surface area (Å²) < 4.78 is 5.15. The Bertz CT molecular complexity index is 758. The van der Waals surface area contributed by atoms with Gasteiger partial charge in [-0.15, -0.1) is 0 Å². The summed E-state index contributed by atoms with van der Waals surface area (Å²) in [7, 11) is 1.60. The maximum Gasteiger partial charge on any atom is 0.253 e. The second-order valence-electron chi connectivity index (χ2n) is 6.21. The van der Waals surface area contributed by atoms with E-state index < -0.39 is 0 Å². The van der Waals surface area contributed by atoms with Crippen molar-refractivity contribution in [2.45, 2.75) is 19.4 Å². The van der Waals surface area contributed by atoms with Gasteiger partial charge in [-0.2, -0.15) is 0 Å². The van der Waals surface area contributed by atoms with Crippen LogP contribution < -0.4 is 10.1 Å². The van der Waals surface area contributed by atoms with Gasteiger partial charge in [0.15, 0.2) is 0 Å². The molecule has 0 atom stereocenters. The first kappa shape index (κ1) is 17.8. The molecule has 0 unspecified atom stereocenters. The number of pyridine rings is 2. The second-order valence-corrected chi connectivity index (χ2v) is 6.21. The van der Waals surface area contributed by atoms with Crippen molar-refractivity contribution in [3.05, 3.63) is 54.1 Å². The van der Waals surface area contributed by atoms with Gasteiger partial charge in [-0.1, -0.05) is 0 Å². The molecule has 1 fully saturated rings. The Kier molecular flexibility index (Phi) is 5.78. The van der Waals surface area contributed by atoms with Gasteiger partial charge in [0.25, 0.3) is 5.91 Å². The number of nitrogens with zero attached hydrogens (tertiary/aromatic N) is 3. The van der Waals surface area contributed by atoms with Crippen LogP contribution in [-0.2, 0) is 11.3 Å². The normalized spacial score (nSPS) is 14.7. The first-order valence-electron chi connectivity index (χ1n) is 8.63. The number of nitrogens with one attached hydrogen (secondary N) is 1. The lowest BCUT2D eigenvalue weighted by molar-refractivity contribution is -0.126. The lowest BCUT2D eigenvalue weighted by Crippen LogP contribution is -2.43. The average Bonchev–Trinajstić information content (AvgIpc) is 2.72. The van der Waals surface area contributed by atoms with Crippen molar-refractivity contribution < 1.29 is 14.3 Å². The van der Waals surface area contributed by atoms with Crippen LogP contribution in [0.4, 0.5) is 0 Å². The van der Waals surface area contributed by atoms with Gasteiger partial charge < -0.3 is 15.0 Å². The van der Waals surface area contributed by atoms with E-state index in [9.17, 15) is 9.59 Å². The molecule has 2 aromatic rings. The van der Waals surface area contributed by atoms with Crippen molar-refractivity contribution in [1.82, 2.24) is 20.2 Å². The van der Waals surface area contributed by atoms with E-state index >= 15 is 0 Å². The number of amides is 2. The van der Waals surface area contributed by atoms with Crippen molar-refractivity contribution in [2.75, 3.05) is 20.2 Å². The first-order valence-corrected chi connectivity index (χ1v) is 8.63. The molecule has 2 aromatic heterocycles. The van der Waals surface area contributed by atoms with Crippen LogP contribution in [-0.4, -0.2) is 46.9 Å². The van der Waals surface area contributed by atoms with Crippen LogP contribution in [0.3, 0.4) is 0 Å². The predicted molar refractivity (Wildman–Crippen MR) is 95.5 cm³/mol. The van der Waals surface area contributed by atoms with Gasteiger partial charge in [0, 0.05) is 49.2 Å². The first-order chi connectivity index (χ1) is 12.7. The fraction of sp³-hybridized carbons (Fsp3) is 0.368. The van der Waals surface area contributed by atoms with Crippen LogP contribution in [0.15, 0.2) is 42.9 Å². The molecule has 2 amide bonds. The van der Waals surface area contributed by atoms with Crippen LogP contribution in [0.2, 0.25) is 0 Å². The molecular weight excluding hydrogens is 332 g/mol. The summed E-state index contributed by atoms with van der Waals surface area (Å²) in [5.74, 6) is 0.631. The van der Waals surface area contributed by atoms with E-state index in [4.69, 9.17) is 4.74 Å². The van der Waals surface area contributed by atoms with E-state index in [0.717, 1.165) is 5.69 Å². The minimum atomic E-state index is -0.0814. The predicted octanol–water partition coefficient (Wildman–Crippen LogP) is 1.65. The molecule has 0 aliphatic carbocycles. The summed E-state index contributed by atoms with van der Waals surface area (Å²) in [6.07, 6.45) is 6.20. The van der Waals surface area contributed by atoms with E-state index in [-0.39, 0.29) is 17.7 Å². The minimum absolute atomic E-state index is 0.00521. The monoisotopic (exact) mass is 354 g/mol. The molecule has 7 heteroatoms. The van der Waals surface area contributed by atoms with Crippen LogP contribution in [0.5, 0.6) is 5.75 Å². The topological polar surface area (TPSA) is 84.4 Å². The average molecular weight is 354 g/mol. The second kappa shape index (κ2) is 8.42. The van der Waals surface area contributed by atoms with E-state index in [1.54, 1.807) is 54.9 Å². The molecule has 0 saturated carbocycles. The van der Waals surface area contributed by atoms with Gasteiger partial charge in [-0.3, -0.25) is 19.6 Å². The summed E-state index contributed by atoms with van der Waals surface area (Å²) in [5, 5.41) is 2.93. The number of methoxy groups -OCH3 is 1. The van der Waals surface area contributed by atoms with E-state index in [0.29, 0.717) is 43.8 Å². The number of rotatable bonds is 5. The number of carbonyl (C=O) groups is 2. The highest BCUT2D eigenvalue weighted by Crippen LogP contribution is 2.19. The number of hydrogen-bond acceptors (Lipinski definition) is 5. The molecule has 0 aromatic carbocycles. The molecule has 0 radical (unpaired) electrons.